The van der Waals surface area contributed by atoms with Crippen molar-refractivity contribution in [1.82, 2.24) is 9.97 Å². The smallest absolute Gasteiger partial charge is 0.351 e. The number of benzene rings is 1. The third-order valence-electron chi connectivity index (χ3n) is 3.66. The Morgan fingerprint density at radius 1 is 1.11 bits per heavy atom. The SMILES string of the molecule is CS(=O)(=O)C1=C(Nc2cccc(C(F)(F)F)c2)C(=O)c2cncnc2C1=O. The second kappa shape index (κ2) is 6.27. The number of hydrogen-bond acceptors (Lipinski definition) is 7. The molecule has 1 aromatic heterocycles. The highest BCUT2D eigenvalue weighted by Crippen LogP contribution is 2.33. The topological polar surface area (TPSA) is 106 Å². The Labute approximate surface area is 150 Å². The van der Waals surface area contributed by atoms with Crippen LogP contribution in [0.2, 0.25) is 0 Å². The van der Waals surface area contributed by atoms with E-state index in [1.807, 2.05) is 0 Å². The van der Waals surface area contributed by atoms with Gasteiger partial charge in [-0.25, -0.2) is 18.4 Å². The summed E-state index contributed by atoms with van der Waals surface area (Å²) in [5.41, 5.74) is -2.49. The summed E-state index contributed by atoms with van der Waals surface area (Å²) in [5, 5.41) is 2.35. The number of fused-ring (bicyclic) bond motifs is 1. The average molecular weight is 397 g/mol. The van der Waals surface area contributed by atoms with Crippen molar-refractivity contribution in [2.75, 3.05) is 11.6 Å². The van der Waals surface area contributed by atoms with Crippen molar-refractivity contribution in [3.8, 4) is 0 Å². The molecule has 0 amide bonds. The van der Waals surface area contributed by atoms with Gasteiger partial charge in [0.25, 0.3) is 0 Å². The number of alkyl halides is 3. The highest BCUT2D eigenvalue weighted by Gasteiger charge is 2.39. The number of nitrogens with zero attached hydrogens (tertiary/aromatic N) is 2. The molecule has 0 fully saturated rings. The summed E-state index contributed by atoms with van der Waals surface area (Å²) in [6.07, 6.45) is -1.91. The molecule has 140 valence electrons. The normalized spacial score (nSPS) is 15.0. The molecule has 1 aliphatic rings. The van der Waals surface area contributed by atoms with Crippen LogP contribution in [0.4, 0.5) is 18.9 Å². The van der Waals surface area contributed by atoms with E-state index in [-0.39, 0.29) is 16.9 Å². The van der Waals surface area contributed by atoms with Crippen LogP contribution >= 0.6 is 0 Å². The third-order valence-corrected chi connectivity index (χ3v) is 4.79. The number of sulfone groups is 1. The number of Topliss-reactive ketones (excluding diaryl/α,β-unsaturated/α-hetero) is 2. The van der Waals surface area contributed by atoms with Crippen molar-refractivity contribution >= 4 is 27.1 Å². The molecule has 0 saturated heterocycles. The minimum Gasteiger partial charge on any atom is -0.351 e. The number of rotatable bonds is 3. The number of aromatic nitrogens is 2. The monoisotopic (exact) mass is 397 g/mol. The third kappa shape index (κ3) is 3.45. The standard InChI is InChI=1S/C16H10F3N3O4S/c1-27(25,26)15-12(13(23)10-6-20-7-21-11(10)14(15)24)22-9-4-2-3-8(5-9)16(17,18)19/h2-7,22H,1H3. The highest BCUT2D eigenvalue weighted by molar-refractivity contribution is 7.95. The van der Waals surface area contributed by atoms with Crippen LogP contribution in [-0.4, -0.2) is 36.2 Å². The van der Waals surface area contributed by atoms with E-state index in [1.165, 1.54) is 6.07 Å². The second-order valence-corrected chi connectivity index (χ2v) is 7.58. The Bertz CT molecular complexity index is 1110. The molecular formula is C16H10F3N3O4S. The highest BCUT2D eigenvalue weighted by atomic mass is 32.2. The molecule has 0 radical (unpaired) electrons. The average Bonchev–Trinajstić information content (AvgIpc) is 2.58. The molecule has 2 aromatic rings. The van der Waals surface area contributed by atoms with Crippen LogP contribution in [0.5, 0.6) is 0 Å². The van der Waals surface area contributed by atoms with E-state index >= 15 is 0 Å². The number of carbonyl (C=O) groups excluding carboxylic acids is 2. The van der Waals surface area contributed by atoms with Crippen LogP contribution < -0.4 is 5.32 Å². The molecule has 0 saturated carbocycles. The van der Waals surface area contributed by atoms with E-state index in [2.05, 4.69) is 15.3 Å². The molecule has 3 rings (SSSR count). The van der Waals surface area contributed by atoms with Crippen LogP contribution in [-0.2, 0) is 16.0 Å². The summed E-state index contributed by atoms with van der Waals surface area (Å²) >= 11 is 0. The lowest BCUT2D eigenvalue weighted by Gasteiger charge is -2.20. The summed E-state index contributed by atoms with van der Waals surface area (Å²) in [4.78, 5) is 31.6. The maximum Gasteiger partial charge on any atom is 0.416 e. The van der Waals surface area contributed by atoms with Crippen molar-refractivity contribution in [3.05, 3.63) is 64.2 Å². The van der Waals surface area contributed by atoms with Crippen molar-refractivity contribution in [2.45, 2.75) is 6.18 Å². The first-order valence-electron chi connectivity index (χ1n) is 7.28. The first-order chi connectivity index (χ1) is 12.5. The number of halogens is 3. The lowest BCUT2D eigenvalue weighted by Crippen LogP contribution is -2.30. The molecule has 0 aliphatic heterocycles. The number of ketones is 2. The van der Waals surface area contributed by atoms with Gasteiger partial charge in [-0.3, -0.25) is 9.59 Å². The van der Waals surface area contributed by atoms with Gasteiger partial charge in [0.15, 0.2) is 9.84 Å². The molecule has 0 bridgehead atoms. The summed E-state index contributed by atoms with van der Waals surface area (Å²) in [5.74, 6) is -1.95. The number of allylic oxidation sites excluding steroid dienone is 2. The van der Waals surface area contributed by atoms with Gasteiger partial charge in [-0.2, -0.15) is 13.2 Å². The zero-order valence-electron chi connectivity index (χ0n) is 13.5. The molecule has 0 unspecified atom stereocenters. The Balaban J connectivity index is 2.17. The van der Waals surface area contributed by atoms with Gasteiger partial charge < -0.3 is 5.32 Å². The van der Waals surface area contributed by atoms with E-state index in [4.69, 9.17) is 0 Å². The van der Waals surface area contributed by atoms with Crippen LogP contribution in [0.1, 0.15) is 26.4 Å². The molecule has 11 heteroatoms. The van der Waals surface area contributed by atoms with E-state index in [0.29, 0.717) is 12.3 Å². The fraction of sp³-hybridized carbons (Fsp3) is 0.125. The maximum atomic E-state index is 12.9. The van der Waals surface area contributed by atoms with Gasteiger partial charge in [-0.05, 0) is 18.2 Å². The van der Waals surface area contributed by atoms with Gasteiger partial charge in [-0.15, -0.1) is 0 Å². The lowest BCUT2D eigenvalue weighted by atomic mass is 9.98. The molecule has 7 nitrogen and oxygen atoms in total. The molecular weight excluding hydrogens is 387 g/mol. The van der Waals surface area contributed by atoms with Gasteiger partial charge in [0.2, 0.25) is 11.6 Å². The summed E-state index contributed by atoms with van der Waals surface area (Å²) in [7, 11) is -4.19. The van der Waals surface area contributed by atoms with Crippen LogP contribution in [0, 0.1) is 0 Å². The molecule has 1 aliphatic carbocycles. The van der Waals surface area contributed by atoms with Gasteiger partial charge in [0.1, 0.15) is 22.6 Å². The van der Waals surface area contributed by atoms with Gasteiger partial charge >= 0.3 is 6.18 Å². The van der Waals surface area contributed by atoms with Crippen LogP contribution in [0.25, 0.3) is 0 Å². The molecule has 27 heavy (non-hydrogen) atoms. The summed E-state index contributed by atoms with van der Waals surface area (Å²) in [6.45, 7) is 0. The lowest BCUT2D eigenvalue weighted by molar-refractivity contribution is -0.137. The van der Waals surface area contributed by atoms with Gasteiger partial charge in [0.05, 0.1) is 11.1 Å². The first-order valence-corrected chi connectivity index (χ1v) is 9.17. The van der Waals surface area contributed by atoms with Gasteiger partial charge in [-0.1, -0.05) is 6.07 Å². The number of nitrogens with one attached hydrogen (secondary N) is 1. The van der Waals surface area contributed by atoms with E-state index in [9.17, 15) is 31.2 Å². The quantitative estimate of drug-likeness (QED) is 0.847. The minimum atomic E-state index is -4.64. The Morgan fingerprint density at radius 2 is 1.81 bits per heavy atom. The largest absolute Gasteiger partial charge is 0.416 e. The molecule has 1 heterocycles. The van der Waals surface area contributed by atoms with Crippen molar-refractivity contribution in [1.29, 1.82) is 0 Å². The van der Waals surface area contributed by atoms with E-state index < -0.39 is 43.7 Å². The van der Waals surface area contributed by atoms with Crippen molar-refractivity contribution in [3.63, 3.8) is 0 Å². The number of anilines is 1. The van der Waals surface area contributed by atoms with Crippen LogP contribution in [0.3, 0.4) is 0 Å². The van der Waals surface area contributed by atoms with E-state index in [0.717, 1.165) is 24.7 Å². The number of carbonyl (C=O) groups is 2. The second-order valence-electron chi connectivity index (χ2n) is 5.62. The Morgan fingerprint density at radius 3 is 2.44 bits per heavy atom. The van der Waals surface area contributed by atoms with E-state index in [1.54, 1.807) is 0 Å². The van der Waals surface area contributed by atoms with Crippen LogP contribution in [0.15, 0.2) is 47.4 Å². The van der Waals surface area contributed by atoms with Gasteiger partial charge in [0, 0.05) is 18.1 Å². The minimum absolute atomic E-state index is 0.206. The number of hydrogen-bond donors (Lipinski definition) is 1. The summed E-state index contributed by atoms with van der Waals surface area (Å²) in [6, 6.07) is 3.80. The zero-order chi connectivity index (χ0) is 20.0. The molecule has 0 atom stereocenters. The fourth-order valence-corrected chi connectivity index (χ4v) is 3.47. The van der Waals surface area contributed by atoms with Crippen molar-refractivity contribution < 1.29 is 31.2 Å². The molecule has 1 N–H and O–H groups in total. The molecule has 0 spiro atoms. The first kappa shape index (κ1) is 18.7. The fourth-order valence-electron chi connectivity index (χ4n) is 2.52. The Kier molecular flexibility index (Phi) is 4.34. The predicted octanol–water partition coefficient (Wildman–Crippen LogP) is 2.24. The van der Waals surface area contributed by atoms with Crippen molar-refractivity contribution in [2.24, 2.45) is 0 Å². The predicted molar refractivity (Wildman–Crippen MR) is 87.6 cm³/mol. The maximum absolute atomic E-state index is 12.9. The molecule has 1 aromatic carbocycles. The Hall–Kier alpha value is -3.08. The zero-order valence-corrected chi connectivity index (χ0v) is 14.4. The summed E-state index contributed by atoms with van der Waals surface area (Å²) < 4.78 is 62.8.